The molecule has 21 heavy (non-hydrogen) atoms. The summed E-state index contributed by atoms with van der Waals surface area (Å²) in [6, 6.07) is 7.71. The molecule has 0 aliphatic carbocycles. The molecule has 1 unspecified atom stereocenters. The van der Waals surface area contributed by atoms with E-state index in [9.17, 15) is 4.79 Å². The molecule has 3 N–H and O–H groups in total. The summed E-state index contributed by atoms with van der Waals surface area (Å²) in [5.74, 6) is -0.0957. The SMILES string of the molecule is CCCC(N)C(=O)Nc1ccc(CCN2CCCC2)cc1. The molecule has 0 radical (unpaired) electrons. The molecule has 0 saturated carbocycles. The number of nitrogens with two attached hydrogens (primary N) is 1. The zero-order valence-electron chi connectivity index (χ0n) is 13.0. The first-order chi connectivity index (χ1) is 10.2. The highest BCUT2D eigenvalue weighted by molar-refractivity contribution is 5.94. The van der Waals surface area contributed by atoms with E-state index in [1.165, 1.54) is 31.5 Å². The maximum Gasteiger partial charge on any atom is 0.241 e. The van der Waals surface area contributed by atoms with Crippen LogP contribution in [0.2, 0.25) is 0 Å². The molecule has 1 aliphatic heterocycles. The molecular weight excluding hydrogens is 262 g/mol. The second kappa shape index (κ2) is 8.15. The Labute approximate surface area is 127 Å². The molecule has 0 bridgehead atoms. The van der Waals surface area contributed by atoms with E-state index in [2.05, 4.69) is 22.3 Å². The maximum atomic E-state index is 11.8. The summed E-state index contributed by atoms with van der Waals surface area (Å²) >= 11 is 0. The summed E-state index contributed by atoms with van der Waals surface area (Å²) in [7, 11) is 0. The average Bonchev–Trinajstić information content (AvgIpc) is 3.00. The number of anilines is 1. The Morgan fingerprint density at radius 1 is 1.29 bits per heavy atom. The van der Waals surface area contributed by atoms with Crippen molar-refractivity contribution >= 4 is 11.6 Å². The van der Waals surface area contributed by atoms with Gasteiger partial charge in [-0.25, -0.2) is 0 Å². The van der Waals surface area contributed by atoms with Crippen LogP contribution in [-0.2, 0) is 11.2 Å². The number of likely N-dealkylation sites (tertiary alicyclic amines) is 1. The lowest BCUT2D eigenvalue weighted by molar-refractivity contribution is -0.117. The minimum Gasteiger partial charge on any atom is -0.325 e. The predicted molar refractivity (Wildman–Crippen MR) is 87.3 cm³/mol. The minimum absolute atomic E-state index is 0.0957. The fourth-order valence-corrected chi connectivity index (χ4v) is 2.73. The van der Waals surface area contributed by atoms with Crippen LogP contribution in [0.3, 0.4) is 0 Å². The van der Waals surface area contributed by atoms with Gasteiger partial charge in [-0.3, -0.25) is 4.79 Å². The maximum absolute atomic E-state index is 11.8. The largest absolute Gasteiger partial charge is 0.325 e. The third kappa shape index (κ3) is 5.14. The highest BCUT2D eigenvalue weighted by Gasteiger charge is 2.13. The first-order valence-electron chi connectivity index (χ1n) is 8.07. The van der Waals surface area contributed by atoms with Crippen LogP contribution in [0.25, 0.3) is 0 Å². The first kappa shape index (κ1) is 16.0. The third-order valence-corrected chi connectivity index (χ3v) is 4.07. The van der Waals surface area contributed by atoms with E-state index < -0.39 is 6.04 Å². The van der Waals surface area contributed by atoms with Crippen molar-refractivity contribution in [2.45, 2.75) is 45.1 Å². The summed E-state index contributed by atoms with van der Waals surface area (Å²) in [5.41, 5.74) is 7.95. The van der Waals surface area contributed by atoms with Gasteiger partial charge < -0.3 is 16.0 Å². The van der Waals surface area contributed by atoms with Crippen molar-refractivity contribution in [2.24, 2.45) is 5.73 Å². The Hall–Kier alpha value is -1.39. The summed E-state index contributed by atoms with van der Waals surface area (Å²) in [6.45, 7) is 5.64. The van der Waals surface area contributed by atoms with Crippen molar-refractivity contribution in [2.75, 3.05) is 25.0 Å². The highest BCUT2D eigenvalue weighted by atomic mass is 16.2. The number of carbonyl (C=O) groups excluding carboxylic acids is 1. The molecule has 0 aromatic heterocycles. The first-order valence-corrected chi connectivity index (χ1v) is 8.07. The topological polar surface area (TPSA) is 58.4 Å². The average molecular weight is 289 g/mol. The normalized spacial score (nSPS) is 16.9. The van der Waals surface area contributed by atoms with Crippen molar-refractivity contribution in [1.29, 1.82) is 0 Å². The highest BCUT2D eigenvalue weighted by Crippen LogP contribution is 2.13. The number of nitrogens with one attached hydrogen (secondary N) is 1. The number of amides is 1. The molecule has 1 fully saturated rings. The van der Waals surface area contributed by atoms with Crippen LogP contribution in [-0.4, -0.2) is 36.5 Å². The van der Waals surface area contributed by atoms with Gasteiger partial charge in [0.05, 0.1) is 6.04 Å². The van der Waals surface area contributed by atoms with Crippen LogP contribution in [0.1, 0.15) is 38.2 Å². The van der Waals surface area contributed by atoms with Gasteiger partial charge in [0.15, 0.2) is 0 Å². The summed E-state index contributed by atoms with van der Waals surface area (Å²) < 4.78 is 0. The quantitative estimate of drug-likeness (QED) is 0.810. The Kier molecular flexibility index (Phi) is 6.21. The van der Waals surface area contributed by atoms with Crippen LogP contribution >= 0.6 is 0 Å². The van der Waals surface area contributed by atoms with Gasteiger partial charge in [0.1, 0.15) is 0 Å². The molecule has 1 aliphatic rings. The molecule has 1 heterocycles. The minimum atomic E-state index is -0.412. The Morgan fingerprint density at radius 3 is 2.57 bits per heavy atom. The lowest BCUT2D eigenvalue weighted by Crippen LogP contribution is -2.35. The molecule has 1 amide bonds. The third-order valence-electron chi connectivity index (χ3n) is 4.07. The molecule has 0 spiro atoms. The summed E-state index contributed by atoms with van der Waals surface area (Å²) in [4.78, 5) is 14.4. The number of nitrogens with zero attached hydrogens (tertiary/aromatic N) is 1. The number of hydrogen-bond donors (Lipinski definition) is 2. The van der Waals surface area contributed by atoms with E-state index in [0.717, 1.165) is 31.5 Å². The predicted octanol–water partition coefficient (Wildman–Crippen LogP) is 2.39. The van der Waals surface area contributed by atoms with Gasteiger partial charge in [0.25, 0.3) is 0 Å². The molecule has 4 heteroatoms. The van der Waals surface area contributed by atoms with Gasteiger partial charge in [0.2, 0.25) is 5.91 Å². The molecule has 1 atom stereocenters. The van der Waals surface area contributed by atoms with Crippen LogP contribution in [0.5, 0.6) is 0 Å². The number of carbonyl (C=O) groups is 1. The van der Waals surface area contributed by atoms with Crippen molar-refractivity contribution in [3.8, 4) is 0 Å². The van der Waals surface area contributed by atoms with Gasteiger partial charge >= 0.3 is 0 Å². The number of hydrogen-bond acceptors (Lipinski definition) is 3. The number of benzene rings is 1. The summed E-state index contributed by atoms with van der Waals surface area (Å²) in [6.07, 6.45) is 5.39. The second-order valence-corrected chi connectivity index (χ2v) is 5.88. The molecule has 116 valence electrons. The van der Waals surface area contributed by atoms with Gasteiger partial charge in [-0.05, 0) is 56.5 Å². The number of rotatable bonds is 7. The van der Waals surface area contributed by atoms with E-state index in [4.69, 9.17) is 5.73 Å². The van der Waals surface area contributed by atoms with Crippen LogP contribution in [0.4, 0.5) is 5.69 Å². The van der Waals surface area contributed by atoms with E-state index >= 15 is 0 Å². The van der Waals surface area contributed by atoms with Gasteiger partial charge in [-0.2, -0.15) is 0 Å². The molecule has 1 aromatic rings. The van der Waals surface area contributed by atoms with Gasteiger partial charge in [-0.15, -0.1) is 0 Å². The van der Waals surface area contributed by atoms with Crippen molar-refractivity contribution < 1.29 is 4.79 Å². The van der Waals surface area contributed by atoms with E-state index in [0.29, 0.717) is 0 Å². The Bertz CT molecular complexity index is 438. The molecule has 1 saturated heterocycles. The van der Waals surface area contributed by atoms with E-state index in [1.54, 1.807) is 0 Å². The Balaban J connectivity index is 1.79. The lowest BCUT2D eigenvalue weighted by Gasteiger charge is -2.14. The standard InChI is InChI=1S/C17H27N3O/c1-2-5-16(18)17(21)19-15-8-6-14(7-9-15)10-13-20-11-3-4-12-20/h6-9,16H,2-5,10-13,18H2,1H3,(H,19,21). The van der Waals surface area contributed by atoms with Gasteiger partial charge in [-0.1, -0.05) is 25.5 Å². The zero-order valence-corrected chi connectivity index (χ0v) is 13.0. The lowest BCUT2D eigenvalue weighted by atomic mass is 10.1. The van der Waals surface area contributed by atoms with Crippen molar-refractivity contribution in [1.82, 2.24) is 4.90 Å². The van der Waals surface area contributed by atoms with Gasteiger partial charge in [0, 0.05) is 12.2 Å². The molecule has 4 nitrogen and oxygen atoms in total. The fraction of sp³-hybridized carbons (Fsp3) is 0.588. The monoisotopic (exact) mass is 289 g/mol. The van der Waals surface area contributed by atoms with Crippen LogP contribution in [0, 0.1) is 0 Å². The Morgan fingerprint density at radius 2 is 1.95 bits per heavy atom. The second-order valence-electron chi connectivity index (χ2n) is 5.88. The fourth-order valence-electron chi connectivity index (χ4n) is 2.73. The smallest absolute Gasteiger partial charge is 0.241 e. The molecule has 2 rings (SSSR count). The van der Waals surface area contributed by atoms with Crippen molar-refractivity contribution in [3.05, 3.63) is 29.8 Å². The van der Waals surface area contributed by atoms with E-state index in [-0.39, 0.29) is 5.91 Å². The van der Waals surface area contributed by atoms with E-state index in [1.807, 2.05) is 19.1 Å². The molecular formula is C17H27N3O. The molecule has 1 aromatic carbocycles. The zero-order chi connectivity index (χ0) is 15.1. The van der Waals surface area contributed by atoms with Crippen LogP contribution in [0.15, 0.2) is 24.3 Å². The van der Waals surface area contributed by atoms with Crippen molar-refractivity contribution in [3.63, 3.8) is 0 Å². The van der Waals surface area contributed by atoms with Crippen LogP contribution < -0.4 is 11.1 Å². The summed E-state index contributed by atoms with van der Waals surface area (Å²) in [5, 5.41) is 2.88.